The van der Waals surface area contributed by atoms with Crippen LogP contribution in [0.1, 0.15) is 68.9 Å². The monoisotopic (exact) mass is 462 g/mol. The fourth-order valence-electron chi connectivity index (χ4n) is 4.90. The van der Waals surface area contributed by atoms with E-state index in [0.29, 0.717) is 31.8 Å². The third-order valence-electron chi connectivity index (χ3n) is 6.90. The zero-order chi connectivity index (χ0) is 23.8. The van der Waals surface area contributed by atoms with Crippen molar-refractivity contribution in [1.29, 1.82) is 0 Å². The number of aliphatic hydroxyl groups is 1. The van der Waals surface area contributed by atoms with E-state index < -0.39 is 12.1 Å². The number of hydrogen-bond acceptors (Lipinski definition) is 5. The van der Waals surface area contributed by atoms with Crippen molar-refractivity contribution >= 4 is 11.8 Å². The summed E-state index contributed by atoms with van der Waals surface area (Å²) in [5, 5.41) is 10.5. The Bertz CT molecular complexity index is 987. The summed E-state index contributed by atoms with van der Waals surface area (Å²) in [4.78, 5) is 24.9. The van der Waals surface area contributed by atoms with Crippen molar-refractivity contribution in [3.63, 3.8) is 0 Å². The number of Topliss-reactive ketones (excluding diaryl/α,β-unsaturated/α-hetero) is 1. The van der Waals surface area contributed by atoms with E-state index in [4.69, 9.17) is 9.47 Å². The van der Waals surface area contributed by atoms with E-state index in [0.717, 1.165) is 29.7 Å². The Morgan fingerprint density at radius 2 is 1.68 bits per heavy atom. The normalized spacial score (nSPS) is 18.7. The van der Waals surface area contributed by atoms with E-state index >= 15 is 0 Å². The van der Waals surface area contributed by atoms with Crippen LogP contribution in [0.3, 0.4) is 0 Å². The summed E-state index contributed by atoms with van der Waals surface area (Å²) in [5.41, 5.74) is 2.01. The first kappa shape index (κ1) is 24.1. The molecule has 34 heavy (non-hydrogen) atoms. The third-order valence-corrected chi connectivity index (χ3v) is 6.90. The molecule has 5 heteroatoms. The van der Waals surface area contributed by atoms with Crippen LogP contribution in [-0.2, 0) is 27.4 Å². The molecule has 0 radical (unpaired) electrons. The van der Waals surface area contributed by atoms with E-state index in [2.05, 4.69) is 0 Å². The van der Waals surface area contributed by atoms with Gasteiger partial charge in [0.15, 0.2) is 17.6 Å². The molecule has 1 fully saturated rings. The van der Waals surface area contributed by atoms with Gasteiger partial charge < -0.3 is 14.6 Å². The van der Waals surface area contributed by atoms with Gasteiger partial charge in [0.1, 0.15) is 17.9 Å². The largest absolute Gasteiger partial charge is 0.507 e. The van der Waals surface area contributed by atoms with Gasteiger partial charge in [-0.3, -0.25) is 4.79 Å². The predicted molar refractivity (Wildman–Crippen MR) is 131 cm³/mol. The third kappa shape index (κ3) is 6.49. The molecule has 0 saturated heterocycles. The SMILES string of the molecule is O=C(CCCC1CCCCC1)C1=C(O)C(CCc2ccc(OCc3ccccc3)cc2)OC1=O. The Balaban J connectivity index is 1.24. The molecule has 0 bridgehead atoms. The molecule has 2 aliphatic rings. The number of ether oxygens (including phenoxy) is 2. The van der Waals surface area contributed by atoms with Crippen molar-refractivity contribution in [2.45, 2.75) is 76.9 Å². The average Bonchev–Trinajstić information content (AvgIpc) is 3.16. The minimum Gasteiger partial charge on any atom is -0.507 e. The Labute approximate surface area is 201 Å². The van der Waals surface area contributed by atoms with Gasteiger partial charge in [-0.25, -0.2) is 4.79 Å². The van der Waals surface area contributed by atoms with Crippen LogP contribution in [0.15, 0.2) is 65.9 Å². The molecule has 0 aromatic heterocycles. The number of ketones is 1. The van der Waals surface area contributed by atoms with Gasteiger partial charge in [0, 0.05) is 6.42 Å². The summed E-state index contributed by atoms with van der Waals surface area (Å²) in [7, 11) is 0. The molecule has 0 spiro atoms. The summed E-state index contributed by atoms with van der Waals surface area (Å²) in [6, 6.07) is 17.7. The Morgan fingerprint density at radius 3 is 2.41 bits per heavy atom. The van der Waals surface area contributed by atoms with Gasteiger partial charge in [0.25, 0.3) is 0 Å². The van der Waals surface area contributed by atoms with Gasteiger partial charge in [-0.15, -0.1) is 0 Å². The van der Waals surface area contributed by atoms with Crippen molar-refractivity contribution in [3.05, 3.63) is 77.1 Å². The van der Waals surface area contributed by atoms with Gasteiger partial charge in [0.2, 0.25) is 0 Å². The highest BCUT2D eigenvalue weighted by Gasteiger charge is 2.37. The summed E-state index contributed by atoms with van der Waals surface area (Å²) in [6.45, 7) is 0.508. The van der Waals surface area contributed by atoms with Crippen LogP contribution in [0.25, 0.3) is 0 Å². The first-order chi connectivity index (χ1) is 16.6. The highest BCUT2D eigenvalue weighted by Crippen LogP contribution is 2.30. The topological polar surface area (TPSA) is 72.8 Å². The number of cyclic esters (lactones) is 1. The number of benzene rings is 2. The molecule has 4 rings (SSSR count). The molecule has 1 aliphatic heterocycles. The second-order valence-electron chi connectivity index (χ2n) is 9.43. The van der Waals surface area contributed by atoms with Crippen LogP contribution < -0.4 is 4.74 Å². The van der Waals surface area contributed by atoms with Gasteiger partial charge in [-0.1, -0.05) is 81.0 Å². The smallest absolute Gasteiger partial charge is 0.346 e. The van der Waals surface area contributed by atoms with Crippen LogP contribution in [0.4, 0.5) is 0 Å². The summed E-state index contributed by atoms with van der Waals surface area (Å²) in [6.07, 6.45) is 8.73. The fourth-order valence-corrected chi connectivity index (χ4v) is 4.90. The van der Waals surface area contributed by atoms with Crippen LogP contribution in [0, 0.1) is 5.92 Å². The molecular formula is C29H34O5. The minimum absolute atomic E-state index is 0.140. The summed E-state index contributed by atoms with van der Waals surface area (Å²) in [5.74, 6) is 0.303. The molecule has 1 unspecified atom stereocenters. The lowest BCUT2D eigenvalue weighted by molar-refractivity contribution is -0.141. The van der Waals surface area contributed by atoms with E-state index in [9.17, 15) is 14.7 Å². The van der Waals surface area contributed by atoms with Gasteiger partial charge >= 0.3 is 5.97 Å². The fraction of sp³-hybridized carbons (Fsp3) is 0.448. The molecule has 1 heterocycles. The zero-order valence-electron chi connectivity index (χ0n) is 19.7. The standard InChI is InChI=1S/C29H34O5/c30-25(13-7-12-21-8-3-1-4-9-21)27-28(31)26(34-29(27)32)19-16-22-14-17-24(18-15-22)33-20-23-10-5-2-6-11-23/h2,5-6,10-11,14-15,17-18,21,26,31H,1,3-4,7-9,12-13,16,19-20H2. The Morgan fingerprint density at radius 1 is 0.941 bits per heavy atom. The first-order valence-corrected chi connectivity index (χ1v) is 12.5. The van der Waals surface area contributed by atoms with E-state index in [-0.39, 0.29) is 17.1 Å². The lowest BCUT2D eigenvalue weighted by Crippen LogP contribution is -2.13. The molecule has 5 nitrogen and oxygen atoms in total. The lowest BCUT2D eigenvalue weighted by atomic mass is 9.85. The van der Waals surface area contributed by atoms with Gasteiger partial charge in [-0.05, 0) is 48.4 Å². The number of esters is 1. The molecule has 1 saturated carbocycles. The number of hydrogen-bond donors (Lipinski definition) is 1. The first-order valence-electron chi connectivity index (χ1n) is 12.5. The van der Waals surface area contributed by atoms with Gasteiger partial charge in [-0.2, -0.15) is 0 Å². The number of aliphatic hydroxyl groups excluding tert-OH is 1. The van der Waals surface area contributed by atoms with Crippen LogP contribution in [0.5, 0.6) is 5.75 Å². The molecular weight excluding hydrogens is 428 g/mol. The van der Waals surface area contributed by atoms with E-state index in [1.54, 1.807) is 0 Å². The number of carbonyl (C=O) groups excluding carboxylic acids is 2. The van der Waals surface area contributed by atoms with Crippen molar-refractivity contribution in [2.24, 2.45) is 5.92 Å². The number of carbonyl (C=O) groups is 2. The van der Waals surface area contributed by atoms with Crippen molar-refractivity contribution in [3.8, 4) is 5.75 Å². The molecule has 0 amide bonds. The summed E-state index contributed by atoms with van der Waals surface area (Å²) >= 11 is 0. The van der Waals surface area contributed by atoms with Crippen LogP contribution >= 0.6 is 0 Å². The molecule has 1 N–H and O–H groups in total. The van der Waals surface area contributed by atoms with Crippen LogP contribution in [-0.4, -0.2) is 23.0 Å². The average molecular weight is 463 g/mol. The molecule has 2 aromatic rings. The minimum atomic E-state index is -0.751. The number of aryl methyl sites for hydroxylation is 1. The van der Waals surface area contributed by atoms with Crippen molar-refractivity contribution in [1.82, 2.24) is 0 Å². The molecule has 1 aliphatic carbocycles. The zero-order valence-corrected chi connectivity index (χ0v) is 19.7. The van der Waals surface area contributed by atoms with Crippen molar-refractivity contribution in [2.75, 3.05) is 0 Å². The highest BCUT2D eigenvalue weighted by molar-refractivity contribution is 6.19. The highest BCUT2D eigenvalue weighted by atomic mass is 16.6. The van der Waals surface area contributed by atoms with Crippen molar-refractivity contribution < 1.29 is 24.2 Å². The second kappa shape index (κ2) is 11.9. The Kier molecular flexibility index (Phi) is 8.40. The van der Waals surface area contributed by atoms with Crippen LogP contribution in [0.2, 0.25) is 0 Å². The maximum atomic E-state index is 12.6. The van der Waals surface area contributed by atoms with E-state index in [1.165, 1.54) is 32.1 Å². The molecule has 2 aromatic carbocycles. The molecule has 180 valence electrons. The maximum Gasteiger partial charge on any atom is 0.346 e. The lowest BCUT2D eigenvalue weighted by Gasteiger charge is -2.20. The molecule has 1 atom stereocenters. The Hall–Kier alpha value is -3.08. The predicted octanol–water partition coefficient (Wildman–Crippen LogP) is 6.26. The number of rotatable bonds is 11. The second-order valence-corrected chi connectivity index (χ2v) is 9.43. The quantitative estimate of drug-likeness (QED) is 0.315. The van der Waals surface area contributed by atoms with Gasteiger partial charge in [0.05, 0.1) is 0 Å². The van der Waals surface area contributed by atoms with E-state index in [1.807, 2.05) is 54.6 Å². The summed E-state index contributed by atoms with van der Waals surface area (Å²) < 4.78 is 11.1. The maximum absolute atomic E-state index is 12.6.